The molecule has 0 unspecified atom stereocenters. The predicted octanol–water partition coefficient (Wildman–Crippen LogP) is 5.76. The lowest BCUT2D eigenvalue weighted by atomic mass is 10.1. The van der Waals surface area contributed by atoms with Crippen LogP contribution in [0.15, 0.2) is 9.91 Å². The predicted molar refractivity (Wildman–Crippen MR) is 70.4 cm³/mol. The molecule has 0 fully saturated rings. The van der Waals surface area contributed by atoms with Crippen molar-refractivity contribution in [2.75, 3.05) is 0 Å². The quantitative estimate of drug-likeness (QED) is 0.375. The van der Waals surface area contributed by atoms with Crippen molar-refractivity contribution in [3.63, 3.8) is 0 Å². The van der Waals surface area contributed by atoms with E-state index >= 15 is 0 Å². The second kappa shape index (κ2) is 11.5. The van der Waals surface area contributed by atoms with E-state index in [1.54, 1.807) is 4.08 Å². The fourth-order valence-corrected chi connectivity index (χ4v) is 1.79. The molecule has 0 atom stereocenters. The number of hydrogen-bond donors (Lipinski definition) is 0. The Labute approximate surface area is 101 Å². The molecule has 0 amide bonds. The highest BCUT2D eigenvalue weighted by atomic mass is 127. The summed E-state index contributed by atoms with van der Waals surface area (Å²) >= 11 is 1.96. The van der Waals surface area contributed by atoms with Crippen molar-refractivity contribution in [3.8, 4) is 0 Å². The Bertz CT molecular complexity index is 143. The minimum Gasteiger partial charge on any atom is -0.211 e. The van der Waals surface area contributed by atoms with Crippen molar-refractivity contribution in [1.29, 1.82) is 0 Å². The molecule has 0 bridgehead atoms. The first-order valence-corrected chi connectivity index (χ1v) is 7.00. The summed E-state index contributed by atoms with van der Waals surface area (Å²) in [6.07, 6.45) is 10.9. The fourth-order valence-electron chi connectivity index (χ4n) is 1.48. The van der Waals surface area contributed by atoms with Crippen LogP contribution >= 0.6 is 22.6 Å². The molecule has 0 spiro atoms. The molecule has 0 saturated carbocycles. The Morgan fingerprint density at radius 2 is 1.50 bits per heavy atom. The van der Waals surface area contributed by atoms with Gasteiger partial charge in [0.15, 0.2) is 0 Å². The zero-order valence-electron chi connectivity index (χ0n) is 9.20. The molecular weight excluding hydrogens is 290 g/mol. The monoisotopic (exact) mass is 312 g/mol. The number of allylic oxidation sites excluding steroid dienone is 1. The molecule has 0 saturated heterocycles. The standard InChI is InChI=1S/C12H22FI/c1-2-3-4-5-6-7-8-9-10-12(13)11-14/h11H,2-10H2,1H3/b12-11+. The van der Waals surface area contributed by atoms with Gasteiger partial charge in [0.2, 0.25) is 0 Å². The van der Waals surface area contributed by atoms with Crippen LogP contribution in [0, 0.1) is 0 Å². The second-order valence-electron chi connectivity index (χ2n) is 3.78. The van der Waals surface area contributed by atoms with Gasteiger partial charge in [-0.1, -0.05) is 74.5 Å². The normalized spacial score (nSPS) is 12.1. The van der Waals surface area contributed by atoms with E-state index in [0.29, 0.717) is 6.42 Å². The summed E-state index contributed by atoms with van der Waals surface area (Å²) < 4.78 is 14.2. The van der Waals surface area contributed by atoms with Crippen molar-refractivity contribution >= 4 is 22.6 Å². The SMILES string of the molecule is CCCCCCCCCC/C(F)=C\I. The molecule has 0 aromatic rings. The fraction of sp³-hybridized carbons (Fsp3) is 0.833. The summed E-state index contributed by atoms with van der Waals surface area (Å²) in [5.74, 6) is 0.0385. The number of unbranched alkanes of at least 4 members (excludes halogenated alkanes) is 7. The molecule has 0 aliphatic heterocycles. The van der Waals surface area contributed by atoms with Gasteiger partial charge in [-0.25, -0.2) is 4.39 Å². The summed E-state index contributed by atoms with van der Waals surface area (Å²) in [4.78, 5) is 0. The van der Waals surface area contributed by atoms with Gasteiger partial charge in [0, 0.05) is 4.08 Å². The molecule has 0 radical (unpaired) electrons. The van der Waals surface area contributed by atoms with Crippen LogP contribution in [0.1, 0.15) is 64.7 Å². The Kier molecular flexibility index (Phi) is 11.8. The smallest absolute Gasteiger partial charge is 0.106 e. The van der Waals surface area contributed by atoms with Crippen LogP contribution in [-0.4, -0.2) is 0 Å². The van der Waals surface area contributed by atoms with E-state index in [9.17, 15) is 4.39 Å². The van der Waals surface area contributed by atoms with Crippen molar-refractivity contribution < 1.29 is 4.39 Å². The second-order valence-corrected chi connectivity index (χ2v) is 4.40. The lowest BCUT2D eigenvalue weighted by Crippen LogP contribution is -1.81. The van der Waals surface area contributed by atoms with Gasteiger partial charge in [-0.15, -0.1) is 0 Å². The van der Waals surface area contributed by atoms with E-state index in [2.05, 4.69) is 6.92 Å². The van der Waals surface area contributed by atoms with Gasteiger partial charge >= 0.3 is 0 Å². The Hall–Kier alpha value is 0.400. The zero-order valence-corrected chi connectivity index (χ0v) is 11.4. The van der Waals surface area contributed by atoms with E-state index in [1.165, 1.54) is 44.9 Å². The molecule has 14 heavy (non-hydrogen) atoms. The molecule has 0 heterocycles. The third-order valence-electron chi connectivity index (χ3n) is 2.39. The van der Waals surface area contributed by atoms with E-state index in [-0.39, 0.29) is 5.83 Å². The maximum Gasteiger partial charge on any atom is 0.106 e. The van der Waals surface area contributed by atoms with Crippen LogP contribution in [0.25, 0.3) is 0 Å². The average Bonchev–Trinajstić information content (AvgIpc) is 2.21. The largest absolute Gasteiger partial charge is 0.211 e. The summed E-state index contributed by atoms with van der Waals surface area (Å²) in [6, 6.07) is 0. The van der Waals surface area contributed by atoms with E-state index in [4.69, 9.17) is 0 Å². The van der Waals surface area contributed by atoms with E-state index in [0.717, 1.165) is 6.42 Å². The van der Waals surface area contributed by atoms with Gasteiger partial charge in [-0.3, -0.25) is 0 Å². The van der Waals surface area contributed by atoms with Crippen molar-refractivity contribution in [3.05, 3.63) is 9.91 Å². The average molecular weight is 312 g/mol. The Morgan fingerprint density at radius 1 is 1.00 bits per heavy atom. The summed E-state index contributed by atoms with van der Waals surface area (Å²) in [5.41, 5.74) is 0. The first kappa shape index (κ1) is 14.4. The number of rotatable bonds is 9. The van der Waals surface area contributed by atoms with Crippen LogP contribution < -0.4 is 0 Å². The molecule has 0 aromatic carbocycles. The lowest BCUT2D eigenvalue weighted by molar-refractivity contribution is 0.536. The Morgan fingerprint density at radius 3 is 2.00 bits per heavy atom. The molecule has 0 aliphatic rings. The summed E-state index contributed by atoms with van der Waals surface area (Å²) in [6.45, 7) is 2.24. The molecule has 0 rings (SSSR count). The van der Waals surface area contributed by atoms with Crippen LogP contribution in [-0.2, 0) is 0 Å². The third kappa shape index (κ3) is 10.5. The maximum atomic E-state index is 12.7. The lowest BCUT2D eigenvalue weighted by Gasteiger charge is -2.00. The molecule has 0 N–H and O–H groups in total. The molecule has 84 valence electrons. The molecule has 0 nitrogen and oxygen atoms in total. The number of hydrogen-bond acceptors (Lipinski definition) is 0. The first-order chi connectivity index (χ1) is 6.81. The van der Waals surface area contributed by atoms with Crippen molar-refractivity contribution in [2.24, 2.45) is 0 Å². The molecule has 0 aliphatic carbocycles. The molecule has 0 aromatic heterocycles. The maximum absolute atomic E-state index is 12.7. The summed E-state index contributed by atoms with van der Waals surface area (Å²) in [7, 11) is 0. The van der Waals surface area contributed by atoms with E-state index in [1.807, 2.05) is 22.6 Å². The highest BCUT2D eigenvalue weighted by molar-refractivity contribution is 14.1. The van der Waals surface area contributed by atoms with E-state index < -0.39 is 0 Å². The molecular formula is C12H22FI. The van der Waals surface area contributed by atoms with Crippen molar-refractivity contribution in [2.45, 2.75) is 64.7 Å². The van der Waals surface area contributed by atoms with Crippen LogP contribution in [0.3, 0.4) is 0 Å². The van der Waals surface area contributed by atoms with Gasteiger partial charge in [0.05, 0.1) is 0 Å². The Balaban J connectivity index is 2.99. The first-order valence-electron chi connectivity index (χ1n) is 5.76. The minimum absolute atomic E-state index is 0.0385. The van der Waals surface area contributed by atoms with Crippen molar-refractivity contribution in [1.82, 2.24) is 0 Å². The van der Waals surface area contributed by atoms with Gasteiger partial charge < -0.3 is 0 Å². The third-order valence-corrected chi connectivity index (χ3v) is 3.06. The highest BCUT2D eigenvalue weighted by Crippen LogP contribution is 2.14. The van der Waals surface area contributed by atoms with Gasteiger partial charge in [-0.2, -0.15) is 0 Å². The van der Waals surface area contributed by atoms with Crippen LogP contribution in [0.5, 0.6) is 0 Å². The topological polar surface area (TPSA) is 0 Å². The van der Waals surface area contributed by atoms with Crippen LogP contribution in [0.4, 0.5) is 4.39 Å². The number of halogens is 2. The summed E-state index contributed by atoms with van der Waals surface area (Å²) in [5, 5.41) is 0. The zero-order chi connectivity index (χ0) is 10.6. The molecule has 2 heteroatoms. The van der Waals surface area contributed by atoms with Gasteiger partial charge in [0.25, 0.3) is 0 Å². The highest BCUT2D eigenvalue weighted by Gasteiger charge is 1.94. The van der Waals surface area contributed by atoms with Gasteiger partial charge in [0.1, 0.15) is 5.83 Å². The van der Waals surface area contributed by atoms with Crippen LogP contribution in [0.2, 0.25) is 0 Å². The minimum atomic E-state index is 0.0385. The van der Waals surface area contributed by atoms with Gasteiger partial charge in [-0.05, 0) is 12.8 Å².